The van der Waals surface area contributed by atoms with Crippen molar-refractivity contribution in [2.45, 2.75) is 6.54 Å². The van der Waals surface area contributed by atoms with Crippen LogP contribution in [0.15, 0.2) is 66.7 Å². The highest BCUT2D eigenvalue weighted by molar-refractivity contribution is 6.42. The van der Waals surface area contributed by atoms with E-state index in [1.165, 1.54) is 0 Å². The zero-order chi connectivity index (χ0) is 19.5. The van der Waals surface area contributed by atoms with E-state index >= 15 is 0 Å². The maximum absolute atomic E-state index is 6.20. The molecule has 0 spiro atoms. The fourth-order valence-electron chi connectivity index (χ4n) is 3.09. The zero-order valence-corrected chi connectivity index (χ0v) is 16.8. The van der Waals surface area contributed by atoms with E-state index in [0.717, 1.165) is 33.7 Å². The predicted molar refractivity (Wildman–Crippen MR) is 117 cm³/mol. The van der Waals surface area contributed by atoms with Crippen LogP contribution in [0.3, 0.4) is 0 Å². The number of fused-ring (bicyclic) bond motifs is 1. The third kappa shape index (κ3) is 3.91. The topological polar surface area (TPSA) is 27.1 Å². The van der Waals surface area contributed by atoms with Crippen molar-refractivity contribution in [2.75, 3.05) is 7.11 Å². The minimum Gasteiger partial charge on any atom is -0.497 e. The lowest BCUT2D eigenvalue weighted by Gasteiger charge is -2.08. The second-order valence-corrected chi connectivity index (χ2v) is 7.21. The molecule has 3 nitrogen and oxygen atoms in total. The first-order valence-electron chi connectivity index (χ1n) is 8.85. The molecular formula is C23H18Cl2N2O. The van der Waals surface area contributed by atoms with Gasteiger partial charge in [0, 0.05) is 6.54 Å². The highest BCUT2D eigenvalue weighted by Crippen LogP contribution is 2.25. The number of benzene rings is 3. The average Bonchev–Trinajstić information content (AvgIpc) is 3.07. The molecule has 0 aliphatic carbocycles. The lowest BCUT2D eigenvalue weighted by molar-refractivity contribution is 0.415. The van der Waals surface area contributed by atoms with Gasteiger partial charge in [0.05, 0.1) is 28.2 Å². The summed E-state index contributed by atoms with van der Waals surface area (Å²) in [6.07, 6.45) is 4.07. The Morgan fingerprint density at radius 1 is 0.929 bits per heavy atom. The van der Waals surface area contributed by atoms with E-state index in [4.69, 9.17) is 32.9 Å². The second-order valence-electron chi connectivity index (χ2n) is 6.40. The molecule has 0 fully saturated rings. The lowest BCUT2D eigenvalue weighted by Crippen LogP contribution is -2.02. The highest BCUT2D eigenvalue weighted by Gasteiger charge is 2.10. The number of rotatable bonds is 5. The second kappa shape index (κ2) is 8.09. The number of ether oxygens (including phenoxy) is 1. The summed E-state index contributed by atoms with van der Waals surface area (Å²) in [4.78, 5) is 4.79. The standard InChI is InChI=1S/C23H18Cl2N2O/c1-28-18-10-6-16(7-11-18)9-13-23-26-21-4-2-3-5-22(21)27(23)15-17-8-12-19(24)20(25)14-17/h2-14H,15H2,1H3/b13-9+. The molecule has 140 valence electrons. The number of hydrogen-bond acceptors (Lipinski definition) is 2. The minimum atomic E-state index is 0.555. The SMILES string of the molecule is COc1ccc(/C=C/c2nc3ccccc3n2Cc2ccc(Cl)c(Cl)c2)cc1. The van der Waals surface area contributed by atoms with Crippen molar-refractivity contribution in [3.8, 4) is 5.75 Å². The van der Waals surface area contributed by atoms with E-state index in [2.05, 4.69) is 10.6 Å². The van der Waals surface area contributed by atoms with Gasteiger partial charge in [0.25, 0.3) is 0 Å². The molecule has 0 aliphatic heterocycles. The summed E-state index contributed by atoms with van der Waals surface area (Å²) in [7, 11) is 1.66. The van der Waals surface area contributed by atoms with Crippen LogP contribution in [0.4, 0.5) is 0 Å². The molecule has 0 atom stereocenters. The average molecular weight is 409 g/mol. The van der Waals surface area contributed by atoms with Gasteiger partial charge in [0.1, 0.15) is 11.6 Å². The number of nitrogens with zero attached hydrogens (tertiary/aromatic N) is 2. The molecule has 0 N–H and O–H groups in total. The molecule has 4 rings (SSSR count). The third-order valence-electron chi connectivity index (χ3n) is 4.55. The predicted octanol–water partition coefficient (Wildman–Crippen LogP) is 6.57. The molecule has 3 aromatic carbocycles. The summed E-state index contributed by atoms with van der Waals surface area (Å²) < 4.78 is 7.39. The summed E-state index contributed by atoms with van der Waals surface area (Å²) in [5.74, 6) is 1.71. The van der Waals surface area contributed by atoms with Gasteiger partial charge in [0.15, 0.2) is 0 Å². The maximum atomic E-state index is 6.20. The van der Waals surface area contributed by atoms with Crippen molar-refractivity contribution in [3.05, 3.63) is 93.7 Å². The van der Waals surface area contributed by atoms with Gasteiger partial charge in [-0.15, -0.1) is 0 Å². The number of para-hydroxylation sites is 2. The fraction of sp³-hybridized carbons (Fsp3) is 0.0870. The van der Waals surface area contributed by atoms with Gasteiger partial charge in [-0.1, -0.05) is 59.6 Å². The summed E-state index contributed by atoms with van der Waals surface area (Å²) >= 11 is 12.3. The van der Waals surface area contributed by atoms with Crippen molar-refractivity contribution in [1.82, 2.24) is 9.55 Å². The van der Waals surface area contributed by atoms with Gasteiger partial charge < -0.3 is 9.30 Å². The first kappa shape index (κ1) is 18.6. The Bertz CT molecular complexity index is 1150. The maximum Gasteiger partial charge on any atom is 0.134 e. The normalized spacial score (nSPS) is 11.4. The molecule has 0 unspecified atom stereocenters. The van der Waals surface area contributed by atoms with Crippen LogP contribution >= 0.6 is 23.2 Å². The monoisotopic (exact) mass is 408 g/mol. The molecule has 0 radical (unpaired) electrons. The van der Waals surface area contributed by atoms with Crippen LogP contribution in [0, 0.1) is 0 Å². The van der Waals surface area contributed by atoms with Gasteiger partial charge in [-0.05, 0) is 53.6 Å². The summed E-state index contributed by atoms with van der Waals surface area (Å²) in [6, 6.07) is 21.7. The molecule has 5 heteroatoms. The summed E-state index contributed by atoms with van der Waals surface area (Å²) in [5, 5.41) is 1.11. The largest absolute Gasteiger partial charge is 0.497 e. The van der Waals surface area contributed by atoms with Gasteiger partial charge >= 0.3 is 0 Å². The molecule has 4 aromatic rings. The van der Waals surface area contributed by atoms with Gasteiger partial charge in [0.2, 0.25) is 0 Å². The van der Waals surface area contributed by atoms with E-state index in [0.29, 0.717) is 16.6 Å². The Hall–Kier alpha value is -2.75. The van der Waals surface area contributed by atoms with Crippen LogP contribution in [0.1, 0.15) is 17.0 Å². The van der Waals surface area contributed by atoms with E-state index in [1.807, 2.05) is 72.8 Å². The van der Waals surface area contributed by atoms with Gasteiger partial charge in [-0.2, -0.15) is 0 Å². The summed E-state index contributed by atoms with van der Waals surface area (Å²) in [6.45, 7) is 0.652. The van der Waals surface area contributed by atoms with E-state index < -0.39 is 0 Å². The molecule has 0 bridgehead atoms. The van der Waals surface area contributed by atoms with Crippen LogP contribution in [-0.4, -0.2) is 16.7 Å². The molecule has 0 saturated heterocycles. The lowest BCUT2D eigenvalue weighted by atomic mass is 10.2. The van der Waals surface area contributed by atoms with E-state index in [-0.39, 0.29) is 0 Å². The Morgan fingerprint density at radius 3 is 2.46 bits per heavy atom. The molecule has 1 aromatic heterocycles. The number of aromatic nitrogens is 2. The third-order valence-corrected chi connectivity index (χ3v) is 5.29. The van der Waals surface area contributed by atoms with Crippen LogP contribution < -0.4 is 4.74 Å². The number of imidazole rings is 1. The first-order valence-corrected chi connectivity index (χ1v) is 9.61. The van der Waals surface area contributed by atoms with Crippen molar-refractivity contribution in [1.29, 1.82) is 0 Å². The van der Waals surface area contributed by atoms with Crippen LogP contribution in [0.25, 0.3) is 23.2 Å². The van der Waals surface area contributed by atoms with Crippen molar-refractivity contribution in [3.63, 3.8) is 0 Å². The molecule has 0 saturated carbocycles. The van der Waals surface area contributed by atoms with Crippen LogP contribution in [-0.2, 0) is 6.54 Å². The van der Waals surface area contributed by atoms with Crippen molar-refractivity contribution in [2.24, 2.45) is 0 Å². The molecule has 28 heavy (non-hydrogen) atoms. The molecule has 0 amide bonds. The quantitative estimate of drug-likeness (QED) is 0.373. The highest BCUT2D eigenvalue weighted by atomic mass is 35.5. The Balaban J connectivity index is 1.71. The van der Waals surface area contributed by atoms with Crippen LogP contribution in [0.2, 0.25) is 10.0 Å². The molecule has 1 heterocycles. The Kier molecular flexibility index (Phi) is 5.38. The smallest absolute Gasteiger partial charge is 0.134 e. The van der Waals surface area contributed by atoms with Crippen LogP contribution in [0.5, 0.6) is 5.75 Å². The first-order chi connectivity index (χ1) is 13.6. The van der Waals surface area contributed by atoms with Gasteiger partial charge in [-0.25, -0.2) is 4.98 Å². The minimum absolute atomic E-state index is 0.555. The Labute approximate surface area is 173 Å². The molecular weight excluding hydrogens is 391 g/mol. The van der Waals surface area contributed by atoms with Gasteiger partial charge in [-0.3, -0.25) is 0 Å². The number of hydrogen-bond donors (Lipinski definition) is 0. The zero-order valence-electron chi connectivity index (χ0n) is 15.3. The number of halogens is 2. The fourth-order valence-corrected chi connectivity index (χ4v) is 3.41. The summed E-state index contributed by atoms with van der Waals surface area (Å²) in [5.41, 5.74) is 4.17. The van der Waals surface area contributed by atoms with E-state index in [1.54, 1.807) is 7.11 Å². The van der Waals surface area contributed by atoms with Crippen molar-refractivity contribution < 1.29 is 4.74 Å². The van der Waals surface area contributed by atoms with E-state index in [9.17, 15) is 0 Å². The Morgan fingerprint density at radius 2 is 1.71 bits per heavy atom. The molecule has 0 aliphatic rings. The number of methoxy groups -OCH3 is 1. The van der Waals surface area contributed by atoms with Crippen molar-refractivity contribution >= 4 is 46.4 Å².